The molecule has 0 radical (unpaired) electrons. The van der Waals surface area contributed by atoms with Crippen molar-refractivity contribution in [1.82, 2.24) is 9.97 Å². The molecule has 0 unspecified atom stereocenters. The average Bonchev–Trinajstić information content (AvgIpc) is 2.52. The Balaban J connectivity index is 1.89. The van der Waals surface area contributed by atoms with Crippen LogP contribution in [-0.2, 0) is 0 Å². The fourth-order valence-corrected chi connectivity index (χ4v) is 2.83. The fourth-order valence-electron chi connectivity index (χ4n) is 2.50. The van der Waals surface area contributed by atoms with Crippen molar-refractivity contribution in [2.45, 2.75) is 13.8 Å². The Kier molecular flexibility index (Phi) is 4.85. The van der Waals surface area contributed by atoms with Crippen LogP contribution in [0.2, 0.25) is 0 Å². The van der Waals surface area contributed by atoms with Gasteiger partial charge in [-0.15, -0.1) is 0 Å². The van der Waals surface area contributed by atoms with E-state index in [9.17, 15) is 4.39 Å². The molecule has 0 amide bonds. The molecule has 25 heavy (non-hydrogen) atoms. The lowest BCUT2D eigenvalue weighted by Crippen LogP contribution is -2.06. The van der Waals surface area contributed by atoms with E-state index in [1.165, 1.54) is 12.4 Å². The van der Waals surface area contributed by atoms with Crippen molar-refractivity contribution in [2.24, 2.45) is 0 Å². The summed E-state index contributed by atoms with van der Waals surface area (Å²) in [7, 11) is 0. The molecule has 5 nitrogen and oxygen atoms in total. The Morgan fingerprint density at radius 3 is 2.24 bits per heavy atom. The van der Waals surface area contributed by atoms with Crippen LogP contribution in [0.1, 0.15) is 11.1 Å². The lowest BCUT2D eigenvalue weighted by Gasteiger charge is -2.14. The number of aromatic nitrogens is 2. The van der Waals surface area contributed by atoms with Gasteiger partial charge in [-0.25, -0.2) is 14.4 Å². The molecular formula is C18H17BrFN5. The average molecular weight is 402 g/mol. The quantitative estimate of drug-likeness (QED) is 0.569. The number of anilines is 5. The van der Waals surface area contributed by atoms with Gasteiger partial charge < -0.3 is 16.4 Å². The molecule has 0 aliphatic heterocycles. The van der Waals surface area contributed by atoms with E-state index in [0.717, 1.165) is 16.8 Å². The summed E-state index contributed by atoms with van der Waals surface area (Å²) in [6, 6.07) is 10.8. The van der Waals surface area contributed by atoms with Crippen molar-refractivity contribution in [1.29, 1.82) is 0 Å². The van der Waals surface area contributed by atoms with Gasteiger partial charge in [0.05, 0.1) is 5.69 Å². The molecule has 0 bridgehead atoms. The van der Waals surface area contributed by atoms with Gasteiger partial charge in [0.15, 0.2) is 11.6 Å². The number of hydrogen-bond acceptors (Lipinski definition) is 5. The minimum atomic E-state index is -0.406. The maximum absolute atomic E-state index is 14.0. The standard InChI is InChI=1S/C18H17BrFN5/c1-10-5-11(2)7-13(6-10)24-17-16(21)18(23-9-22-17)25-15-4-3-12(19)8-14(15)20/h3-9H,21H2,1-2H3,(H2,22,23,24,25). The number of nitrogen functional groups attached to an aromatic ring is 1. The predicted octanol–water partition coefficient (Wildman–Crippen LogP) is 5.06. The van der Waals surface area contributed by atoms with Crippen LogP contribution < -0.4 is 16.4 Å². The van der Waals surface area contributed by atoms with Crippen molar-refractivity contribution in [3.05, 3.63) is 64.1 Å². The number of halogens is 2. The molecule has 2 aromatic carbocycles. The largest absolute Gasteiger partial charge is 0.393 e. The molecule has 1 aromatic heterocycles. The van der Waals surface area contributed by atoms with E-state index in [4.69, 9.17) is 5.73 Å². The van der Waals surface area contributed by atoms with Gasteiger partial charge in [-0.2, -0.15) is 0 Å². The molecule has 3 rings (SSSR count). The van der Waals surface area contributed by atoms with Crippen LogP contribution in [0.3, 0.4) is 0 Å². The van der Waals surface area contributed by atoms with E-state index in [2.05, 4.69) is 42.6 Å². The molecule has 1 heterocycles. The molecular weight excluding hydrogens is 385 g/mol. The first-order chi connectivity index (χ1) is 11.9. The van der Waals surface area contributed by atoms with Crippen molar-refractivity contribution in [2.75, 3.05) is 16.4 Å². The molecule has 0 saturated carbocycles. The fraction of sp³-hybridized carbons (Fsp3) is 0.111. The molecule has 0 atom stereocenters. The zero-order valence-corrected chi connectivity index (χ0v) is 15.4. The molecule has 0 fully saturated rings. The molecule has 128 valence electrons. The maximum Gasteiger partial charge on any atom is 0.159 e. The molecule has 7 heteroatoms. The summed E-state index contributed by atoms with van der Waals surface area (Å²) < 4.78 is 14.7. The number of nitrogens with zero attached hydrogens (tertiary/aromatic N) is 2. The lowest BCUT2D eigenvalue weighted by atomic mass is 10.1. The summed E-state index contributed by atoms with van der Waals surface area (Å²) in [4.78, 5) is 8.29. The van der Waals surface area contributed by atoms with Gasteiger partial charge in [0, 0.05) is 10.2 Å². The minimum absolute atomic E-state index is 0.283. The lowest BCUT2D eigenvalue weighted by molar-refractivity contribution is 0.631. The van der Waals surface area contributed by atoms with E-state index >= 15 is 0 Å². The topological polar surface area (TPSA) is 75.9 Å². The highest BCUT2D eigenvalue weighted by Crippen LogP contribution is 2.30. The van der Waals surface area contributed by atoms with Crippen LogP contribution in [-0.4, -0.2) is 9.97 Å². The second-order valence-corrected chi connectivity index (χ2v) is 6.65. The van der Waals surface area contributed by atoms with Gasteiger partial charge in [-0.05, 0) is 55.3 Å². The summed E-state index contributed by atoms with van der Waals surface area (Å²) in [6.07, 6.45) is 1.38. The van der Waals surface area contributed by atoms with E-state index in [1.807, 2.05) is 26.0 Å². The molecule has 4 N–H and O–H groups in total. The summed E-state index contributed by atoms with van der Waals surface area (Å²) >= 11 is 3.23. The van der Waals surface area contributed by atoms with Crippen molar-refractivity contribution in [3.8, 4) is 0 Å². The third-order valence-electron chi connectivity index (χ3n) is 3.55. The highest BCUT2D eigenvalue weighted by atomic mass is 79.9. The van der Waals surface area contributed by atoms with E-state index in [-0.39, 0.29) is 5.69 Å². The number of aryl methyl sites for hydroxylation is 2. The Labute approximate surface area is 153 Å². The van der Waals surface area contributed by atoms with Crippen LogP contribution >= 0.6 is 15.9 Å². The second-order valence-electron chi connectivity index (χ2n) is 5.74. The zero-order chi connectivity index (χ0) is 18.0. The SMILES string of the molecule is Cc1cc(C)cc(Nc2ncnc(Nc3ccc(Br)cc3F)c2N)c1. The summed E-state index contributed by atoms with van der Waals surface area (Å²) in [6.45, 7) is 4.04. The third-order valence-corrected chi connectivity index (χ3v) is 4.05. The van der Waals surface area contributed by atoms with Crippen molar-refractivity contribution < 1.29 is 4.39 Å². The smallest absolute Gasteiger partial charge is 0.159 e. The Bertz CT molecular complexity index is 909. The van der Waals surface area contributed by atoms with Crippen LogP contribution in [0.5, 0.6) is 0 Å². The summed E-state index contributed by atoms with van der Waals surface area (Å²) in [5, 5.41) is 6.09. The number of nitrogens with two attached hydrogens (primary N) is 1. The number of benzene rings is 2. The molecule has 0 spiro atoms. The van der Waals surface area contributed by atoms with Crippen LogP contribution in [0.4, 0.5) is 33.1 Å². The Morgan fingerprint density at radius 1 is 0.960 bits per heavy atom. The van der Waals surface area contributed by atoms with Gasteiger partial charge in [0.2, 0.25) is 0 Å². The molecule has 0 aliphatic carbocycles. The molecule has 0 aliphatic rings. The van der Waals surface area contributed by atoms with Gasteiger partial charge in [-0.3, -0.25) is 0 Å². The van der Waals surface area contributed by atoms with Crippen LogP contribution in [0.25, 0.3) is 0 Å². The van der Waals surface area contributed by atoms with E-state index in [0.29, 0.717) is 21.8 Å². The monoisotopic (exact) mass is 401 g/mol. The van der Waals surface area contributed by atoms with Crippen LogP contribution in [0, 0.1) is 19.7 Å². The van der Waals surface area contributed by atoms with E-state index in [1.54, 1.807) is 12.1 Å². The zero-order valence-electron chi connectivity index (χ0n) is 13.8. The van der Waals surface area contributed by atoms with Gasteiger partial charge in [0.1, 0.15) is 17.8 Å². The first kappa shape index (κ1) is 17.2. The third kappa shape index (κ3) is 4.06. The van der Waals surface area contributed by atoms with Crippen molar-refractivity contribution in [3.63, 3.8) is 0 Å². The second kappa shape index (κ2) is 7.06. The molecule has 3 aromatic rings. The number of nitrogens with one attached hydrogen (secondary N) is 2. The first-order valence-electron chi connectivity index (χ1n) is 7.60. The summed E-state index contributed by atoms with van der Waals surface area (Å²) in [5.74, 6) is 0.388. The Morgan fingerprint density at radius 2 is 1.60 bits per heavy atom. The highest BCUT2D eigenvalue weighted by Gasteiger charge is 2.11. The van der Waals surface area contributed by atoms with Gasteiger partial charge in [0.25, 0.3) is 0 Å². The summed E-state index contributed by atoms with van der Waals surface area (Å²) in [5.41, 5.74) is 9.88. The Hall–Kier alpha value is -2.67. The maximum atomic E-state index is 14.0. The minimum Gasteiger partial charge on any atom is -0.393 e. The van der Waals surface area contributed by atoms with Gasteiger partial charge in [-0.1, -0.05) is 22.0 Å². The number of rotatable bonds is 4. The molecule has 0 saturated heterocycles. The highest BCUT2D eigenvalue weighted by molar-refractivity contribution is 9.10. The van der Waals surface area contributed by atoms with E-state index < -0.39 is 5.82 Å². The van der Waals surface area contributed by atoms with Crippen LogP contribution in [0.15, 0.2) is 47.2 Å². The normalized spacial score (nSPS) is 10.6. The van der Waals surface area contributed by atoms with Gasteiger partial charge >= 0.3 is 0 Å². The predicted molar refractivity (Wildman–Crippen MR) is 103 cm³/mol. The van der Waals surface area contributed by atoms with Crippen molar-refractivity contribution >= 4 is 44.6 Å². The first-order valence-corrected chi connectivity index (χ1v) is 8.39. The number of hydrogen-bond donors (Lipinski definition) is 3.